The van der Waals surface area contributed by atoms with Gasteiger partial charge < -0.3 is 4.74 Å². The zero-order valence-corrected chi connectivity index (χ0v) is 7.57. The van der Waals surface area contributed by atoms with Gasteiger partial charge in [-0.25, -0.2) is 4.79 Å². The van der Waals surface area contributed by atoms with E-state index in [0.717, 1.165) is 0 Å². The summed E-state index contributed by atoms with van der Waals surface area (Å²) < 4.78 is 6.26. The summed E-state index contributed by atoms with van der Waals surface area (Å²) in [6.07, 6.45) is 6.62. The van der Waals surface area contributed by atoms with Crippen LogP contribution >= 0.6 is 0 Å². The summed E-state index contributed by atoms with van der Waals surface area (Å²) in [5.41, 5.74) is 0.783. The second-order valence-corrected chi connectivity index (χ2v) is 2.40. The molecule has 0 aromatic carbocycles. The number of carbonyl (C=O) groups excluding carboxylic acids is 1. The second kappa shape index (κ2) is 3.76. The van der Waals surface area contributed by atoms with Crippen molar-refractivity contribution in [1.29, 1.82) is 0 Å². The molecule has 0 radical (unpaired) electrons. The molecule has 1 aromatic rings. The average Bonchev–Trinajstić information content (AvgIpc) is 2.47. The fourth-order valence-electron chi connectivity index (χ4n) is 0.967. The molecule has 0 unspecified atom stereocenters. The number of aromatic nitrogens is 2. The van der Waals surface area contributed by atoms with Gasteiger partial charge in [0.1, 0.15) is 11.3 Å². The Labute approximate surface area is 76.5 Å². The second-order valence-electron chi connectivity index (χ2n) is 2.40. The van der Waals surface area contributed by atoms with Crippen LogP contribution in [0.25, 0.3) is 0 Å². The Kier molecular flexibility index (Phi) is 2.70. The van der Waals surface area contributed by atoms with Gasteiger partial charge in [0.25, 0.3) is 0 Å². The van der Waals surface area contributed by atoms with Crippen LogP contribution in [0.15, 0.2) is 6.20 Å². The SMILES string of the molecule is C#Cc1c(C(=O)OCC)cnn1C. The Morgan fingerprint density at radius 2 is 2.54 bits per heavy atom. The highest BCUT2D eigenvalue weighted by Crippen LogP contribution is 2.07. The Morgan fingerprint density at radius 1 is 1.85 bits per heavy atom. The molecule has 0 amide bonds. The van der Waals surface area contributed by atoms with Crippen molar-refractivity contribution >= 4 is 5.97 Å². The molecule has 1 rings (SSSR count). The van der Waals surface area contributed by atoms with E-state index in [2.05, 4.69) is 11.0 Å². The van der Waals surface area contributed by atoms with Gasteiger partial charge >= 0.3 is 5.97 Å². The lowest BCUT2D eigenvalue weighted by molar-refractivity contribution is 0.0526. The molecule has 0 N–H and O–H groups in total. The van der Waals surface area contributed by atoms with Gasteiger partial charge in [-0.3, -0.25) is 4.68 Å². The Hall–Kier alpha value is -1.76. The van der Waals surface area contributed by atoms with Crippen LogP contribution in [-0.2, 0) is 11.8 Å². The number of hydrogen-bond donors (Lipinski definition) is 0. The summed E-state index contributed by atoms with van der Waals surface area (Å²) in [6.45, 7) is 2.07. The van der Waals surface area contributed by atoms with Crippen molar-refractivity contribution in [3.63, 3.8) is 0 Å². The summed E-state index contributed by atoms with van der Waals surface area (Å²) >= 11 is 0. The monoisotopic (exact) mass is 178 g/mol. The fourth-order valence-corrected chi connectivity index (χ4v) is 0.967. The van der Waals surface area contributed by atoms with E-state index in [4.69, 9.17) is 11.2 Å². The Bertz CT molecular complexity index is 360. The van der Waals surface area contributed by atoms with Crippen molar-refractivity contribution in [3.8, 4) is 12.3 Å². The molecule has 0 saturated carbocycles. The maximum atomic E-state index is 11.3. The van der Waals surface area contributed by atoms with E-state index in [1.54, 1.807) is 14.0 Å². The molecule has 0 saturated heterocycles. The minimum Gasteiger partial charge on any atom is -0.462 e. The fraction of sp³-hybridized carbons (Fsp3) is 0.333. The summed E-state index contributed by atoms with van der Waals surface area (Å²) in [4.78, 5) is 11.3. The van der Waals surface area contributed by atoms with E-state index in [1.807, 2.05) is 0 Å². The van der Waals surface area contributed by atoms with Gasteiger partial charge in [0, 0.05) is 7.05 Å². The first-order valence-electron chi connectivity index (χ1n) is 3.86. The van der Waals surface area contributed by atoms with Crippen LogP contribution in [0.2, 0.25) is 0 Å². The molecule has 0 aliphatic carbocycles. The number of nitrogens with zero attached hydrogens (tertiary/aromatic N) is 2. The third-order valence-corrected chi connectivity index (χ3v) is 1.57. The van der Waals surface area contributed by atoms with Crippen LogP contribution in [0.1, 0.15) is 23.0 Å². The third kappa shape index (κ3) is 1.70. The van der Waals surface area contributed by atoms with E-state index in [1.165, 1.54) is 10.9 Å². The third-order valence-electron chi connectivity index (χ3n) is 1.57. The van der Waals surface area contributed by atoms with Gasteiger partial charge in [0.15, 0.2) is 0 Å². The van der Waals surface area contributed by atoms with Crippen molar-refractivity contribution in [2.24, 2.45) is 7.05 Å². The van der Waals surface area contributed by atoms with Gasteiger partial charge in [0.05, 0.1) is 12.8 Å². The maximum Gasteiger partial charge on any atom is 0.342 e. The highest BCUT2D eigenvalue weighted by atomic mass is 16.5. The highest BCUT2D eigenvalue weighted by molar-refractivity contribution is 5.91. The molecule has 1 heterocycles. The Balaban J connectivity index is 3.02. The quantitative estimate of drug-likeness (QED) is 0.491. The first-order chi connectivity index (χ1) is 6.20. The smallest absolute Gasteiger partial charge is 0.342 e. The number of carbonyl (C=O) groups is 1. The number of hydrogen-bond acceptors (Lipinski definition) is 3. The Morgan fingerprint density at radius 3 is 3.08 bits per heavy atom. The maximum absolute atomic E-state index is 11.3. The lowest BCUT2D eigenvalue weighted by Gasteiger charge is -1.99. The molecule has 1 aromatic heterocycles. The van der Waals surface area contributed by atoms with E-state index in [0.29, 0.717) is 17.9 Å². The van der Waals surface area contributed by atoms with E-state index in [-0.39, 0.29) is 0 Å². The molecule has 0 aliphatic rings. The van der Waals surface area contributed by atoms with Gasteiger partial charge in [-0.1, -0.05) is 0 Å². The number of aryl methyl sites for hydroxylation is 1. The number of terminal acetylenes is 1. The normalized spacial score (nSPS) is 9.31. The molecule has 0 fully saturated rings. The van der Waals surface area contributed by atoms with E-state index < -0.39 is 5.97 Å². The average molecular weight is 178 g/mol. The zero-order valence-electron chi connectivity index (χ0n) is 7.57. The summed E-state index contributed by atoms with van der Waals surface area (Å²) in [7, 11) is 1.68. The van der Waals surface area contributed by atoms with Gasteiger partial charge in [-0.05, 0) is 12.8 Å². The predicted octanol–water partition coefficient (Wildman–Crippen LogP) is 0.578. The lowest BCUT2D eigenvalue weighted by atomic mass is 10.2. The van der Waals surface area contributed by atoms with Crippen molar-refractivity contribution in [3.05, 3.63) is 17.5 Å². The molecule has 0 aliphatic heterocycles. The molecule has 13 heavy (non-hydrogen) atoms. The number of esters is 1. The summed E-state index contributed by atoms with van der Waals surface area (Å²) in [5, 5.41) is 3.86. The molecule has 68 valence electrons. The van der Waals surface area contributed by atoms with Crippen LogP contribution in [0.5, 0.6) is 0 Å². The first-order valence-corrected chi connectivity index (χ1v) is 3.86. The van der Waals surface area contributed by atoms with Crippen molar-refractivity contribution < 1.29 is 9.53 Å². The van der Waals surface area contributed by atoms with Crippen molar-refractivity contribution in [1.82, 2.24) is 9.78 Å². The van der Waals surface area contributed by atoms with Crippen LogP contribution in [-0.4, -0.2) is 22.4 Å². The molecular formula is C9H10N2O2. The zero-order chi connectivity index (χ0) is 9.84. The van der Waals surface area contributed by atoms with Crippen LogP contribution in [0, 0.1) is 12.3 Å². The summed E-state index contributed by atoms with van der Waals surface area (Å²) in [5.74, 6) is 1.96. The molecular weight excluding hydrogens is 168 g/mol. The minimum absolute atomic E-state index is 0.331. The van der Waals surface area contributed by atoms with E-state index in [9.17, 15) is 4.79 Å². The van der Waals surface area contributed by atoms with Crippen LogP contribution in [0.4, 0.5) is 0 Å². The van der Waals surface area contributed by atoms with Crippen molar-refractivity contribution in [2.75, 3.05) is 6.61 Å². The van der Waals surface area contributed by atoms with Gasteiger partial charge in [-0.2, -0.15) is 5.10 Å². The molecule has 0 bridgehead atoms. The van der Waals surface area contributed by atoms with Crippen LogP contribution < -0.4 is 0 Å². The topological polar surface area (TPSA) is 44.1 Å². The van der Waals surface area contributed by atoms with Crippen molar-refractivity contribution in [2.45, 2.75) is 6.92 Å². The summed E-state index contributed by atoms with van der Waals surface area (Å²) in [6, 6.07) is 0. The van der Waals surface area contributed by atoms with Crippen LogP contribution in [0.3, 0.4) is 0 Å². The lowest BCUT2D eigenvalue weighted by Crippen LogP contribution is -2.06. The number of rotatable bonds is 2. The molecule has 4 nitrogen and oxygen atoms in total. The number of ether oxygens (including phenoxy) is 1. The molecule has 4 heteroatoms. The largest absolute Gasteiger partial charge is 0.462 e. The standard InChI is InChI=1S/C9H10N2O2/c1-4-8-7(6-10-11(8)3)9(12)13-5-2/h1,6H,5H2,2-3H3. The molecule has 0 spiro atoms. The highest BCUT2D eigenvalue weighted by Gasteiger charge is 2.14. The van der Waals surface area contributed by atoms with Gasteiger partial charge in [0.2, 0.25) is 0 Å². The predicted molar refractivity (Wildman–Crippen MR) is 47.1 cm³/mol. The minimum atomic E-state index is -0.427. The molecule has 0 atom stereocenters. The van der Waals surface area contributed by atoms with Gasteiger partial charge in [-0.15, -0.1) is 6.42 Å². The first kappa shape index (κ1) is 9.33. The van der Waals surface area contributed by atoms with E-state index >= 15 is 0 Å².